The second-order valence-electron chi connectivity index (χ2n) is 4.11. The monoisotopic (exact) mass is 311 g/mol. The molecule has 2 rings (SSSR count). The maximum absolute atomic E-state index is 13.5. The van der Waals surface area contributed by atoms with Crippen LogP contribution in [0.5, 0.6) is 0 Å². The molecule has 7 heteroatoms. The zero-order valence-electron chi connectivity index (χ0n) is 10.4. The molecule has 0 heterocycles. The highest BCUT2D eigenvalue weighted by Crippen LogP contribution is 2.20. The molecule has 1 amide bonds. The fraction of sp³-hybridized carbons (Fsp3) is 0. The van der Waals surface area contributed by atoms with Crippen LogP contribution < -0.4 is 5.32 Å². The molecule has 0 unspecified atom stereocenters. The van der Waals surface area contributed by atoms with Gasteiger partial charge in [0.15, 0.2) is 0 Å². The number of halogens is 3. The average molecular weight is 312 g/mol. The number of nitrogens with one attached hydrogen (secondary N) is 1. The molecule has 2 aromatic carbocycles. The molecule has 108 valence electrons. The van der Waals surface area contributed by atoms with Gasteiger partial charge in [-0.2, -0.15) is 0 Å². The quantitative estimate of drug-likeness (QED) is 0.910. The van der Waals surface area contributed by atoms with Crippen molar-refractivity contribution in [1.29, 1.82) is 0 Å². The fourth-order valence-electron chi connectivity index (χ4n) is 1.66. The standard InChI is InChI=1S/C14H8ClF2NO3/c15-8-3-7(14(20)21)4-10(5-8)18-13(19)11-2-1-9(16)6-12(11)17/h1-6H,(H,18,19)(H,20,21). The van der Waals surface area contributed by atoms with E-state index < -0.39 is 23.5 Å². The molecular weight excluding hydrogens is 304 g/mol. The Morgan fingerprint density at radius 3 is 2.43 bits per heavy atom. The molecule has 4 nitrogen and oxygen atoms in total. The highest BCUT2D eigenvalue weighted by molar-refractivity contribution is 6.31. The number of carbonyl (C=O) groups excluding carboxylic acids is 1. The highest BCUT2D eigenvalue weighted by Gasteiger charge is 2.14. The van der Waals surface area contributed by atoms with Crippen LogP contribution in [0.15, 0.2) is 36.4 Å². The van der Waals surface area contributed by atoms with Gasteiger partial charge in [0.05, 0.1) is 11.1 Å². The molecular formula is C14H8ClF2NO3. The molecule has 0 aromatic heterocycles. The highest BCUT2D eigenvalue weighted by atomic mass is 35.5. The molecule has 0 saturated heterocycles. The number of rotatable bonds is 3. The number of carbonyl (C=O) groups is 2. The Balaban J connectivity index is 2.29. The molecule has 21 heavy (non-hydrogen) atoms. The van der Waals surface area contributed by atoms with Crippen molar-refractivity contribution < 1.29 is 23.5 Å². The van der Waals surface area contributed by atoms with Crippen LogP contribution in [0, 0.1) is 11.6 Å². The van der Waals surface area contributed by atoms with E-state index in [1.165, 1.54) is 18.2 Å². The molecule has 2 N–H and O–H groups in total. The Hall–Kier alpha value is -2.47. The summed E-state index contributed by atoms with van der Waals surface area (Å²) in [6.07, 6.45) is 0. The van der Waals surface area contributed by atoms with Crippen molar-refractivity contribution in [2.45, 2.75) is 0 Å². The van der Waals surface area contributed by atoms with Crippen LogP contribution in [0.2, 0.25) is 5.02 Å². The summed E-state index contributed by atoms with van der Waals surface area (Å²) in [5.74, 6) is -3.89. The maximum atomic E-state index is 13.5. The molecule has 2 aromatic rings. The van der Waals surface area contributed by atoms with Crippen LogP contribution in [0.1, 0.15) is 20.7 Å². The summed E-state index contributed by atoms with van der Waals surface area (Å²) in [6.45, 7) is 0. The summed E-state index contributed by atoms with van der Waals surface area (Å²) in [5, 5.41) is 11.3. The minimum Gasteiger partial charge on any atom is -0.478 e. The van der Waals surface area contributed by atoms with Gasteiger partial charge in [0.1, 0.15) is 11.6 Å². The van der Waals surface area contributed by atoms with E-state index in [1.54, 1.807) is 0 Å². The first-order valence-corrected chi connectivity index (χ1v) is 6.05. The fourth-order valence-corrected chi connectivity index (χ4v) is 1.89. The van der Waals surface area contributed by atoms with Gasteiger partial charge in [0.25, 0.3) is 5.91 Å². The van der Waals surface area contributed by atoms with Crippen molar-refractivity contribution in [1.82, 2.24) is 0 Å². The van der Waals surface area contributed by atoms with Crippen LogP contribution in [0.25, 0.3) is 0 Å². The minimum absolute atomic E-state index is 0.0913. The largest absolute Gasteiger partial charge is 0.478 e. The van der Waals surface area contributed by atoms with Crippen molar-refractivity contribution in [2.75, 3.05) is 5.32 Å². The summed E-state index contributed by atoms with van der Waals surface area (Å²) in [6, 6.07) is 6.20. The Morgan fingerprint density at radius 1 is 1.10 bits per heavy atom. The van der Waals surface area contributed by atoms with E-state index in [0.29, 0.717) is 6.07 Å². The summed E-state index contributed by atoms with van der Waals surface area (Å²) < 4.78 is 26.2. The zero-order valence-corrected chi connectivity index (χ0v) is 11.1. The van der Waals surface area contributed by atoms with Crippen LogP contribution in [-0.4, -0.2) is 17.0 Å². The summed E-state index contributed by atoms with van der Waals surface area (Å²) in [4.78, 5) is 22.8. The lowest BCUT2D eigenvalue weighted by molar-refractivity contribution is 0.0696. The van der Waals surface area contributed by atoms with E-state index in [9.17, 15) is 18.4 Å². The molecule has 0 aliphatic heterocycles. The topological polar surface area (TPSA) is 66.4 Å². The van der Waals surface area contributed by atoms with Gasteiger partial charge in [0.2, 0.25) is 0 Å². The summed E-state index contributed by atoms with van der Waals surface area (Å²) in [7, 11) is 0. The number of benzene rings is 2. The maximum Gasteiger partial charge on any atom is 0.335 e. The SMILES string of the molecule is O=C(O)c1cc(Cl)cc(NC(=O)c2ccc(F)cc2F)c1. The lowest BCUT2D eigenvalue weighted by Crippen LogP contribution is -2.14. The van der Waals surface area contributed by atoms with Crippen LogP contribution in [-0.2, 0) is 0 Å². The predicted molar refractivity (Wildman–Crippen MR) is 72.7 cm³/mol. The first-order valence-electron chi connectivity index (χ1n) is 5.67. The number of hydrogen-bond acceptors (Lipinski definition) is 2. The van der Waals surface area contributed by atoms with Crippen LogP contribution in [0.4, 0.5) is 14.5 Å². The van der Waals surface area contributed by atoms with Crippen LogP contribution in [0.3, 0.4) is 0 Å². The van der Waals surface area contributed by atoms with Gasteiger partial charge in [-0.05, 0) is 30.3 Å². The number of anilines is 1. The normalized spacial score (nSPS) is 10.2. The third-order valence-corrected chi connectivity index (χ3v) is 2.80. The number of aromatic carboxylic acids is 1. The number of carboxylic acids is 1. The average Bonchev–Trinajstić information content (AvgIpc) is 2.37. The molecule has 0 aliphatic carbocycles. The van der Waals surface area contributed by atoms with Crippen LogP contribution >= 0.6 is 11.6 Å². The summed E-state index contributed by atoms with van der Waals surface area (Å²) >= 11 is 5.74. The smallest absolute Gasteiger partial charge is 0.335 e. The third kappa shape index (κ3) is 3.55. The molecule has 0 aliphatic rings. The molecule has 0 spiro atoms. The van der Waals surface area contributed by atoms with E-state index in [2.05, 4.69) is 5.32 Å². The lowest BCUT2D eigenvalue weighted by Gasteiger charge is -2.08. The first-order chi connectivity index (χ1) is 9.86. The molecule has 0 atom stereocenters. The van der Waals surface area contributed by atoms with E-state index in [0.717, 1.165) is 12.1 Å². The second-order valence-corrected chi connectivity index (χ2v) is 4.55. The second kappa shape index (κ2) is 5.88. The van der Waals surface area contributed by atoms with Gasteiger partial charge in [-0.1, -0.05) is 11.6 Å². The van der Waals surface area contributed by atoms with Crippen molar-refractivity contribution in [2.24, 2.45) is 0 Å². The van der Waals surface area contributed by atoms with Gasteiger partial charge in [-0.3, -0.25) is 4.79 Å². The Bertz CT molecular complexity index is 734. The van der Waals surface area contributed by atoms with E-state index in [-0.39, 0.29) is 21.8 Å². The lowest BCUT2D eigenvalue weighted by atomic mass is 10.1. The van der Waals surface area contributed by atoms with Gasteiger partial charge < -0.3 is 10.4 Å². The van der Waals surface area contributed by atoms with E-state index >= 15 is 0 Å². The predicted octanol–water partition coefficient (Wildman–Crippen LogP) is 3.57. The Morgan fingerprint density at radius 2 is 1.81 bits per heavy atom. The Kier molecular flexibility index (Phi) is 4.18. The Labute approximate surface area is 123 Å². The number of amides is 1. The van der Waals surface area contributed by atoms with Gasteiger partial charge in [-0.25, -0.2) is 13.6 Å². The first kappa shape index (κ1) is 14.9. The molecule has 0 saturated carbocycles. The van der Waals surface area contributed by atoms with Gasteiger partial charge in [0, 0.05) is 16.8 Å². The summed E-state index contributed by atoms with van der Waals surface area (Å²) in [5.41, 5.74) is -0.403. The van der Waals surface area contributed by atoms with E-state index in [1.807, 2.05) is 0 Å². The van der Waals surface area contributed by atoms with Crippen molar-refractivity contribution in [3.63, 3.8) is 0 Å². The minimum atomic E-state index is -1.22. The van der Waals surface area contributed by atoms with Gasteiger partial charge in [-0.15, -0.1) is 0 Å². The number of hydrogen-bond donors (Lipinski definition) is 2. The number of carboxylic acid groups (broad SMARTS) is 1. The molecule has 0 bridgehead atoms. The molecule has 0 radical (unpaired) electrons. The zero-order chi connectivity index (χ0) is 15.6. The van der Waals surface area contributed by atoms with E-state index in [4.69, 9.17) is 16.7 Å². The van der Waals surface area contributed by atoms with Crippen molar-refractivity contribution >= 4 is 29.2 Å². The third-order valence-electron chi connectivity index (χ3n) is 2.58. The van der Waals surface area contributed by atoms with Crippen molar-refractivity contribution in [3.05, 3.63) is 64.2 Å². The molecule has 0 fully saturated rings. The van der Waals surface area contributed by atoms with Gasteiger partial charge >= 0.3 is 5.97 Å². The van der Waals surface area contributed by atoms with Crippen molar-refractivity contribution in [3.8, 4) is 0 Å².